The maximum atomic E-state index is 12.5. The van der Waals surface area contributed by atoms with Crippen LogP contribution < -0.4 is 5.14 Å². The van der Waals surface area contributed by atoms with Crippen LogP contribution in [0.25, 0.3) is 0 Å². The number of aromatic nitrogens is 1. The van der Waals surface area contributed by atoms with Crippen molar-refractivity contribution in [1.82, 2.24) is 9.47 Å². The molecule has 7 heteroatoms. The smallest absolute Gasteiger partial charge is 0.270 e. The average molecular weight is 297 g/mol. The highest BCUT2D eigenvalue weighted by Crippen LogP contribution is 2.35. The summed E-state index contributed by atoms with van der Waals surface area (Å²) in [6.07, 6.45) is 6.62. The second kappa shape index (κ2) is 4.60. The van der Waals surface area contributed by atoms with Crippen LogP contribution in [0.4, 0.5) is 0 Å². The molecule has 1 heterocycles. The Morgan fingerprint density at radius 1 is 1.35 bits per heavy atom. The van der Waals surface area contributed by atoms with E-state index in [0.717, 1.165) is 32.1 Å². The number of nitrogens with zero attached hydrogens (tertiary/aromatic N) is 2. The summed E-state index contributed by atoms with van der Waals surface area (Å²) in [6.45, 7) is 0. The summed E-state index contributed by atoms with van der Waals surface area (Å²) in [4.78, 5) is 14.2. The van der Waals surface area contributed by atoms with Gasteiger partial charge in [0.1, 0.15) is 10.6 Å². The van der Waals surface area contributed by atoms with Gasteiger partial charge in [-0.05, 0) is 38.2 Å². The Morgan fingerprint density at radius 3 is 2.45 bits per heavy atom. The van der Waals surface area contributed by atoms with Crippen molar-refractivity contribution >= 4 is 15.9 Å². The molecule has 0 radical (unpaired) electrons. The Kier molecular flexibility index (Phi) is 3.13. The molecule has 20 heavy (non-hydrogen) atoms. The largest absolute Gasteiger partial charge is 0.339 e. The Balaban J connectivity index is 1.98. The van der Waals surface area contributed by atoms with E-state index in [9.17, 15) is 13.2 Å². The molecule has 2 saturated carbocycles. The van der Waals surface area contributed by atoms with Crippen molar-refractivity contribution in [1.29, 1.82) is 0 Å². The van der Waals surface area contributed by atoms with Crippen LogP contribution in [0.1, 0.15) is 48.6 Å². The molecule has 0 unspecified atom stereocenters. The summed E-state index contributed by atoms with van der Waals surface area (Å²) in [6, 6.07) is 1.93. The first-order chi connectivity index (χ1) is 9.38. The van der Waals surface area contributed by atoms with Gasteiger partial charge in [-0.1, -0.05) is 0 Å². The molecule has 2 N–H and O–H groups in total. The van der Waals surface area contributed by atoms with Gasteiger partial charge in [-0.15, -0.1) is 0 Å². The van der Waals surface area contributed by atoms with Gasteiger partial charge in [0.05, 0.1) is 0 Å². The van der Waals surface area contributed by atoms with Crippen LogP contribution >= 0.6 is 0 Å². The average Bonchev–Trinajstić information content (AvgIpc) is 3.05. The van der Waals surface area contributed by atoms with Crippen LogP contribution in [0, 0.1) is 0 Å². The normalized spacial score (nSPS) is 19.7. The Labute approximate surface area is 118 Å². The van der Waals surface area contributed by atoms with Gasteiger partial charge in [0, 0.05) is 25.3 Å². The van der Waals surface area contributed by atoms with E-state index in [1.54, 1.807) is 16.5 Å². The lowest BCUT2D eigenvalue weighted by molar-refractivity contribution is 0.0768. The lowest BCUT2D eigenvalue weighted by Crippen LogP contribution is -2.32. The zero-order valence-corrected chi connectivity index (χ0v) is 12.3. The highest BCUT2D eigenvalue weighted by molar-refractivity contribution is 7.89. The number of nitrogens with two attached hydrogens (primary N) is 1. The molecule has 0 bridgehead atoms. The molecule has 1 aromatic rings. The summed E-state index contributed by atoms with van der Waals surface area (Å²) in [5.74, 6) is -0.116. The van der Waals surface area contributed by atoms with E-state index in [4.69, 9.17) is 5.14 Å². The number of hydrogen-bond acceptors (Lipinski definition) is 3. The van der Waals surface area contributed by atoms with E-state index >= 15 is 0 Å². The zero-order chi connectivity index (χ0) is 14.5. The van der Waals surface area contributed by atoms with Crippen molar-refractivity contribution in [3.63, 3.8) is 0 Å². The maximum Gasteiger partial charge on any atom is 0.270 e. The molecule has 1 aromatic heterocycles. The van der Waals surface area contributed by atoms with E-state index in [2.05, 4.69) is 0 Å². The van der Waals surface area contributed by atoms with Gasteiger partial charge in [0.25, 0.3) is 5.91 Å². The number of carbonyl (C=O) groups excluding carboxylic acids is 1. The Morgan fingerprint density at radius 2 is 2.00 bits per heavy atom. The van der Waals surface area contributed by atoms with E-state index in [0.29, 0.717) is 11.7 Å². The van der Waals surface area contributed by atoms with Crippen LogP contribution in [0.3, 0.4) is 0 Å². The number of amides is 1. The van der Waals surface area contributed by atoms with E-state index in [1.165, 1.54) is 12.3 Å². The van der Waals surface area contributed by atoms with Gasteiger partial charge in [0.2, 0.25) is 10.0 Å². The molecule has 0 atom stereocenters. The first-order valence-corrected chi connectivity index (χ1v) is 8.44. The predicted octanol–water partition coefficient (Wildman–Crippen LogP) is 1.09. The summed E-state index contributed by atoms with van der Waals surface area (Å²) in [5, 5.41) is 5.18. The quantitative estimate of drug-likeness (QED) is 0.903. The topological polar surface area (TPSA) is 85.4 Å². The van der Waals surface area contributed by atoms with E-state index in [-0.39, 0.29) is 16.8 Å². The molecule has 1 amide bonds. The maximum absolute atomic E-state index is 12.5. The van der Waals surface area contributed by atoms with Gasteiger partial charge in [0.15, 0.2) is 0 Å². The first-order valence-electron chi connectivity index (χ1n) is 6.90. The van der Waals surface area contributed by atoms with Gasteiger partial charge < -0.3 is 9.47 Å². The predicted molar refractivity (Wildman–Crippen MR) is 73.8 cm³/mol. The van der Waals surface area contributed by atoms with E-state index < -0.39 is 10.0 Å². The summed E-state index contributed by atoms with van der Waals surface area (Å²) < 4.78 is 24.8. The second-order valence-electron chi connectivity index (χ2n) is 5.75. The minimum absolute atomic E-state index is 0.0250. The van der Waals surface area contributed by atoms with Crippen LogP contribution in [0.5, 0.6) is 0 Å². The standard InChI is InChI=1S/C13H19N3O3S/c1-15(9-5-6-9)13(17)12-7-11(20(14,18)19)8-16(12)10-3-2-4-10/h7-10H,2-6H2,1H3,(H2,14,18,19). The first kappa shape index (κ1) is 13.6. The van der Waals surface area contributed by atoms with Gasteiger partial charge >= 0.3 is 0 Å². The molecule has 0 aromatic carbocycles. The van der Waals surface area contributed by atoms with Crippen molar-refractivity contribution in [2.75, 3.05) is 7.05 Å². The molecule has 0 saturated heterocycles. The molecule has 6 nitrogen and oxygen atoms in total. The number of rotatable bonds is 4. The van der Waals surface area contributed by atoms with Crippen LogP contribution in [-0.4, -0.2) is 36.9 Å². The monoisotopic (exact) mass is 297 g/mol. The van der Waals surface area contributed by atoms with E-state index in [1.807, 2.05) is 0 Å². The van der Waals surface area contributed by atoms with Gasteiger partial charge in [-0.25, -0.2) is 13.6 Å². The number of carbonyl (C=O) groups is 1. The number of sulfonamides is 1. The summed E-state index contributed by atoms with van der Waals surface area (Å²) in [7, 11) is -2.00. The second-order valence-corrected chi connectivity index (χ2v) is 7.31. The Bertz CT molecular complexity index is 642. The van der Waals surface area contributed by atoms with Crippen LogP contribution in [0.15, 0.2) is 17.2 Å². The van der Waals surface area contributed by atoms with Crippen LogP contribution in [0.2, 0.25) is 0 Å². The molecule has 110 valence electrons. The molecular weight excluding hydrogens is 278 g/mol. The molecule has 0 aliphatic heterocycles. The lowest BCUT2D eigenvalue weighted by Gasteiger charge is -2.29. The van der Waals surface area contributed by atoms with Crippen molar-refractivity contribution in [3.8, 4) is 0 Å². The third-order valence-electron chi connectivity index (χ3n) is 4.25. The number of hydrogen-bond donors (Lipinski definition) is 1. The fourth-order valence-corrected chi connectivity index (χ4v) is 3.09. The van der Waals surface area contributed by atoms with Crippen molar-refractivity contribution in [2.45, 2.75) is 49.1 Å². The van der Waals surface area contributed by atoms with Crippen molar-refractivity contribution in [2.24, 2.45) is 5.14 Å². The molecule has 2 fully saturated rings. The SMILES string of the molecule is CN(C(=O)c1cc(S(N)(=O)=O)cn1C1CCC1)C1CC1. The molecule has 2 aliphatic rings. The minimum atomic E-state index is -3.78. The van der Waals surface area contributed by atoms with Crippen LogP contribution in [-0.2, 0) is 10.0 Å². The molecule has 3 rings (SSSR count). The van der Waals surface area contributed by atoms with Gasteiger partial charge in [-0.3, -0.25) is 4.79 Å². The fourth-order valence-electron chi connectivity index (χ4n) is 2.56. The van der Waals surface area contributed by atoms with Crippen molar-refractivity contribution in [3.05, 3.63) is 18.0 Å². The summed E-state index contributed by atoms with van der Waals surface area (Å²) in [5.41, 5.74) is 0.438. The fraction of sp³-hybridized carbons (Fsp3) is 0.615. The number of primary sulfonamides is 1. The zero-order valence-electron chi connectivity index (χ0n) is 11.4. The third kappa shape index (κ3) is 2.35. The summed E-state index contributed by atoms with van der Waals surface area (Å²) >= 11 is 0. The Hall–Kier alpha value is -1.34. The minimum Gasteiger partial charge on any atom is -0.339 e. The molecular formula is C13H19N3O3S. The molecule has 0 spiro atoms. The van der Waals surface area contributed by atoms with Crippen molar-refractivity contribution < 1.29 is 13.2 Å². The van der Waals surface area contributed by atoms with Gasteiger partial charge in [-0.2, -0.15) is 0 Å². The highest BCUT2D eigenvalue weighted by Gasteiger charge is 2.33. The third-order valence-corrected chi connectivity index (χ3v) is 5.13. The molecule has 2 aliphatic carbocycles. The highest BCUT2D eigenvalue weighted by atomic mass is 32.2. The lowest BCUT2D eigenvalue weighted by atomic mass is 9.93.